The van der Waals surface area contributed by atoms with Crippen molar-refractivity contribution in [3.8, 4) is 0 Å². The number of rotatable bonds is 6. The molecule has 24 heavy (non-hydrogen) atoms. The van der Waals surface area contributed by atoms with Gasteiger partial charge < -0.3 is 19.8 Å². The first-order chi connectivity index (χ1) is 11.4. The Bertz CT molecular complexity index is 673. The highest BCUT2D eigenvalue weighted by atomic mass is 16.6. The van der Waals surface area contributed by atoms with Crippen LogP contribution in [0.15, 0.2) is 34.7 Å². The number of furan rings is 1. The van der Waals surface area contributed by atoms with E-state index in [1.54, 1.807) is 19.9 Å². The molecule has 2 aromatic rings. The third-order valence-corrected chi connectivity index (χ3v) is 3.58. The molecule has 0 unspecified atom stereocenters. The van der Waals surface area contributed by atoms with Crippen LogP contribution in [0.25, 0.3) is 11.0 Å². The van der Waals surface area contributed by atoms with Gasteiger partial charge in [0, 0.05) is 11.9 Å². The summed E-state index contributed by atoms with van der Waals surface area (Å²) in [5.74, 6) is 0.0834. The zero-order chi connectivity index (χ0) is 17.7. The van der Waals surface area contributed by atoms with Crippen molar-refractivity contribution in [1.82, 2.24) is 10.6 Å². The summed E-state index contributed by atoms with van der Waals surface area (Å²) in [5.41, 5.74) is 0.668. The lowest BCUT2D eigenvalue weighted by atomic mass is 10.0. The molecule has 1 heterocycles. The highest BCUT2D eigenvalue weighted by molar-refractivity contribution is 5.96. The van der Waals surface area contributed by atoms with E-state index in [2.05, 4.69) is 10.6 Å². The van der Waals surface area contributed by atoms with Gasteiger partial charge in [-0.1, -0.05) is 32.0 Å². The summed E-state index contributed by atoms with van der Waals surface area (Å²) < 4.78 is 10.6. The van der Waals surface area contributed by atoms with Crippen LogP contribution in [0.2, 0.25) is 0 Å². The molecule has 6 nitrogen and oxygen atoms in total. The lowest BCUT2D eigenvalue weighted by Crippen LogP contribution is -2.47. The highest BCUT2D eigenvalue weighted by Crippen LogP contribution is 2.18. The lowest BCUT2D eigenvalue weighted by molar-refractivity contribution is 0.0908. The summed E-state index contributed by atoms with van der Waals surface area (Å²) in [4.78, 5) is 24.0. The van der Waals surface area contributed by atoms with Crippen molar-refractivity contribution in [2.75, 3.05) is 6.54 Å². The van der Waals surface area contributed by atoms with Crippen LogP contribution in [0.1, 0.15) is 38.2 Å². The number of fused-ring (bicyclic) bond motifs is 1. The Kier molecular flexibility index (Phi) is 5.84. The quantitative estimate of drug-likeness (QED) is 0.850. The van der Waals surface area contributed by atoms with Crippen molar-refractivity contribution >= 4 is 23.0 Å². The number of hydrogen-bond donors (Lipinski definition) is 2. The topological polar surface area (TPSA) is 80.6 Å². The molecule has 0 aliphatic carbocycles. The van der Waals surface area contributed by atoms with E-state index in [0.717, 1.165) is 5.39 Å². The van der Waals surface area contributed by atoms with Crippen molar-refractivity contribution in [3.05, 3.63) is 36.1 Å². The van der Waals surface area contributed by atoms with Gasteiger partial charge in [0.05, 0.1) is 12.1 Å². The average molecular weight is 332 g/mol. The normalized spacial score (nSPS) is 12.4. The molecule has 1 atom stereocenters. The maximum absolute atomic E-state index is 12.3. The number of benzene rings is 1. The standard InChI is InChI=1S/C18H24N2O4/c1-11(2)14(20-18(22)23-12(3)4)10-19-17(21)16-9-13-7-5-6-8-15(13)24-16/h5-9,11-12,14H,10H2,1-4H3,(H,19,21)(H,20,22)/t14-/m1/s1. The molecule has 1 aromatic carbocycles. The van der Waals surface area contributed by atoms with E-state index in [1.165, 1.54) is 0 Å². The first-order valence-electron chi connectivity index (χ1n) is 8.10. The van der Waals surface area contributed by atoms with Gasteiger partial charge in [-0.3, -0.25) is 4.79 Å². The second kappa shape index (κ2) is 7.86. The monoisotopic (exact) mass is 332 g/mol. The Labute approximate surface area is 141 Å². The molecule has 0 saturated carbocycles. The number of nitrogens with one attached hydrogen (secondary N) is 2. The molecule has 130 valence electrons. The molecule has 0 fully saturated rings. The average Bonchev–Trinajstić information content (AvgIpc) is 2.94. The van der Waals surface area contributed by atoms with Gasteiger partial charge in [0.2, 0.25) is 0 Å². The fourth-order valence-corrected chi connectivity index (χ4v) is 2.24. The molecule has 0 spiro atoms. The minimum Gasteiger partial charge on any atom is -0.451 e. The van der Waals surface area contributed by atoms with E-state index >= 15 is 0 Å². The van der Waals surface area contributed by atoms with Gasteiger partial charge >= 0.3 is 6.09 Å². The summed E-state index contributed by atoms with van der Waals surface area (Å²) in [5, 5.41) is 6.45. The molecular weight excluding hydrogens is 308 g/mol. The van der Waals surface area contributed by atoms with Gasteiger partial charge in [-0.2, -0.15) is 0 Å². The Hall–Kier alpha value is -2.50. The number of para-hydroxylation sites is 1. The van der Waals surface area contributed by atoms with Crippen LogP contribution in [-0.4, -0.2) is 30.7 Å². The van der Waals surface area contributed by atoms with E-state index in [-0.39, 0.29) is 29.7 Å². The van der Waals surface area contributed by atoms with E-state index in [9.17, 15) is 9.59 Å². The van der Waals surface area contributed by atoms with Crippen LogP contribution < -0.4 is 10.6 Å². The summed E-state index contributed by atoms with van der Waals surface area (Å²) in [7, 11) is 0. The van der Waals surface area contributed by atoms with E-state index < -0.39 is 6.09 Å². The second-order valence-electron chi connectivity index (χ2n) is 6.31. The van der Waals surface area contributed by atoms with Crippen LogP contribution in [0.5, 0.6) is 0 Å². The first kappa shape index (κ1) is 17.8. The third-order valence-electron chi connectivity index (χ3n) is 3.58. The maximum atomic E-state index is 12.3. The molecule has 2 amide bonds. The van der Waals surface area contributed by atoms with Crippen molar-refractivity contribution in [3.63, 3.8) is 0 Å². The summed E-state index contributed by atoms with van der Waals surface area (Å²) in [6.07, 6.45) is -0.676. The summed E-state index contributed by atoms with van der Waals surface area (Å²) in [6, 6.07) is 8.91. The predicted octanol–water partition coefficient (Wildman–Crippen LogP) is 3.32. The number of alkyl carbamates (subject to hydrolysis) is 1. The molecule has 0 saturated heterocycles. The van der Waals surface area contributed by atoms with Gasteiger partial charge in [0.15, 0.2) is 5.76 Å². The van der Waals surface area contributed by atoms with Gasteiger partial charge in [0.1, 0.15) is 5.58 Å². The van der Waals surface area contributed by atoms with Gasteiger partial charge in [-0.25, -0.2) is 4.79 Å². The smallest absolute Gasteiger partial charge is 0.407 e. The van der Waals surface area contributed by atoms with Gasteiger partial charge in [-0.05, 0) is 31.9 Å². The zero-order valence-corrected chi connectivity index (χ0v) is 14.5. The molecule has 0 bridgehead atoms. The van der Waals surface area contributed by atoms with Gasteiger partial charge in [-0.15, -0.1) is 0 Å². The van der Waals surface area contributed by atoms with E-state index in [1.807, 2.05) is 38.1 Å². The molecular formula is C18H24N2O4. The highest BCUT2D eigenvalue weighted by Gasteiger charge is 2.20. The third kappa shape index (κ3) is 4.75. The van der Waals surface area contributed by atoms with Crippen LogP contribution in [0.4, 0.5) is 4.79 Å². The first-order valence-corrected chi connectivity index (χ1v) is 8.10. The number of ether oxygens (including phenoxy) is 1. The number of carbonyl (C=O) groups is 2. The Balaban J connectivity index is 1.95. The van der Waals surface area contributed by atoms with Crippen molar-refractivity contribution in [2.24, 2.45) is 5.92 Å². The van der Waals surface area contributed by atoms with E-state index in [4.69, 9.17) is 9.15 Å². The van der Waals surface area contributed by atoms with Crippen molar-refractivity contribution in [1.29, 1.82) is 0 Å². The largest absolute Gasteiger partial charge is 0.451 e. The van der Waals surface area contributed by atoms with Crippen molar-refractivity contribution in [2.45, 2.75) is 39.8 Å². The fourth-order valence-electron chi connectivity index (χ4n) is 2.24. The fraction of sp³-hybridized carbons (Fsp3) is 0.444. The molecule has 0 radical (unpaired) electrons. The maximum Gasteiger partial charge on any atom is 0.407 e. The van der Waals surface area contributed by atoms with Crippen LogP contribution in [0, 0.1) is 5.92 Å². The van der Waals surface area contributed by atoms with E-state index in [0.29, 0.717) is 12.1 Å². The van der Waals surface area contributed by atoms with Crippen LogP contribution in [-0.2, 0) is 4.74 Å². The minimum atomic E-state index is -0.485. The summed E-state index contributed by atoms with van der Waals surface area (Å²) >= 11 is 0. The van der Waals surface area contributed by atoms with Crippen molar-refractivity contribution < 1.29 is 18.7 Å². The Morgan fingerprint density at radius 3 is 2.50 bits per heavy atom. The number of hydrogen-bond acceptors (Lipinski definition) is 4. The lowest BCUT2D eigenvalue weighted by Gasteiger charge is -2.23. The van der Waals surface area contributed by atoms with Crippen LogP contribution in [0.3, 0.4) is 0 Å². The minimum absolute atomic E-state index is 0.140. The molecule has 2 rings (SSSR count). The molecule has 0 aliphatic heterocycles. The SMILES string of the molecule is CC(C)OC(=O)N[C@H](CNC(=O)c1cc2ccccc2o1)C(C)C. The molecule has 1 aromatic heterocycles. The molecule has 6 heteroatoms. The Morgan fingerprint density at radius 1 is 1.17 bits per heavy atom. The number of amides is 2. The second-order valence-corrected chi connectivity index (χ2v) is 6.31. The van der Waals surface area contributed by atoms with Crippen LogP contribution >= 0.6 is 0 Å². The molecule has 2 N–H and O–H groups in total. The number of carbonyl (C=O) groups excluding carboxylic acids is 2. The van der Waals surface area contributed by atoms with Gasteiger partial charge in [0.25, 0.3) is 5.91 Å². The molecule has 0 aliphatic rings. The predicted molar refractivity (Wildman–Crippen MR) is 91.9 cm³/mol. The Morgan fingerprint density at radius 2 is 1.88 bits per heavy atom. The zero-order valence-electron chi connectivity index (χ0n) is 14.5. The summed E-state index contributed by atoms with van der Waals surface area (Å²) in [6.45, 7) is 7.79.